The summed E-state index contributed by atoms with van der Waals surface area (Å²) in [7, 11) is 3.54. The first kappa shape index (κ1) is 15.4. The van der Waals surface area contributed by atoms with Gasteiger partial charge in [-0.05, 0) is 19.3 Å². The Morgan fingerprint density at radius 2 is 1.88 bits per heavy atom. The molecule has 4 nitrogen and oxygen atoms in total. The minimum Gasteiger partial charge on any atom is -0.374 e. The molecule has 2 N–H and O–H groups in total. The van der Waals surface area contributed by atoms with Crippen molar-refractivity contribution in [3.63, 3.8) is 0 Å². The van der Waals surface area contributed by atoms with Gasteiger partial charge in [0.2, 0.25) is 5.91 Å². The molecule has 1 amide bonds. The van der Waals surface area contributed by atoms with Crippen molar-refractivity contribution in [1.82, 2.24) is 4.90 Å². The fraction of sp³-hybridized carbons (Fsp3) is 0.917. The summed E-state index contributed by atoms with van der Waals surface area (Å²) in [4.78, 5) is 12.9. The lowest BCUT2D eigenvalue weighted by Gasteiger charge is -2.30. The van der Waals surface area contributed by atoms with E-state index in [0.717, 1.165) is 19.3 Å². The lowest BCUT2D eigenvalue weighted by atomic mass is 9.97. The van der Waals surface area contributed by atoms with E-state index >= 15 is 0 Å². The van der Waals surface area contributed by atoms with E-state index in [1.54, 1.807) is 19.0 Å². The summed E-state index contributed by atoms with van der Waals surface area (Å²) in [5.74, 6) is 0.148. The number of hydrogen-bond donors (Lipinski definition) is 1. The maximum atomic E-state index is 11.3. The predicted molar refractivity (Wildman–Crippen MR) is 66.2 cm³/mol. The normalized spacial score (nSPS) is 11.6. The van der Waals surface area contributed by atoms with Crippen molar-refractivity contribution < 1.29 is 9.53 Å². The van der Waals surface area contributed by atoms with E-state index in [0.29, 0.717) is 19.6 Å². The van der Waals surface area contributed by atoms with E-state index in [1.807, 2.05) is 0 Å². The monoisotopic (exact) mass is 230 g/mol. The molecule has 0 rings (SSSR count). The van der Waals surface area contributed by atoms with Gasteiger partial charge in [-0.2, -0.15) is 0 Å². The average Bonchev–Trinajstić information content (AvgIpc) is 2.30. The number of rotatable bonds is 8. The summed E-state index contributed by atoms with van der Waals surface area (Å²) in [6, 6.07) is 0. The molecule has 0 unspecified atom stereocenters. The molecule has 0 radical (unpaired) electrons. The highest BCUT2D eigenvalue weighted by atomic mass is 16.5. The van der Waals surface area contributed by atoms with Gasteiger partial charge < -0.3 is 15.4 Å². The lowest BCUT2D eigenvalue weighted by molar-refractivity contribution is -0.129. The van der Waals surface area contributed by atoms with Crippen LogP contribution >= 0.6 is 0 Å². The molecule has 0 saturated carbocycles. The first-order valence-corrected chi connectivity index (χ1v) is 6.05. The number of amides is 1. The molecule has 0 aromatic heterocycles. The SMILES string of the molecule is CCC(CC)(CN)OCCCC(=O)N(C)C. The van der Waals surface area contributed by atoms with Crippen molar-refractivity contribution in [2.45, 2.75) is 45.1 Å². The average molecular weight is 230 g/mol. The molecule has 0 spiro atoms. The Bertz CT molecular complexity index is 193. The summed E-state index contributed by atoms with van der Waals surface area (Å²) in [5.41, 5.74) is 5.53. The summed E-state index contributed by atoms with van der Waals surface area (Å²) < 4.78 is 5.81. The molecule has 4 heteroatoms. The first-order valence-electron chi connectivity index (χ1n) is 6.05. The van der Waals surface area contributed by atoms with Crippen LogP contribution in [0.3, 0.4) is 0 Å². The van der Waals surface area contributed by atoms with Gasteiger partial charge in [0, 0.05) is 33.7 Å². The van der Waals surface area contributed by atoms with Gasteiger partial charge in [-0.25, -0.2) is 0 Å². The van der Waals surface area contributed by atoms with E-state index < -0.39 is 0 Å². The zero-order valence-electron chi connectivity index (χ0n) is 11.1. The van der Waals surface area contributed by atoms with E-state index in [4.69, 9.17) is 10.5 Å². The third kappa shape index (κ3) is 4.94. The predicted octanol–water partition coefficient (Wildman–Crippen LogP) is 1.39. The zero-order chi connectivity index (χ0) is 12.6. The molecule has 0 saturated heterocycles. The number of carbonyl (C=O) groups excluding carboxylic acids is 1. The summed E-state index contributed by atoms with van der Waals surface area (Å²) >= 11 is 0. The Morgan fingerprint density at radius 3 is 2.25 bits per heavy atom. The van der Waals surface area contributed by atoms with Crippen LogP contribution in [0.5, 0.6) is 0 Å². The van der Waals surface area contributed by atoms with Gasteiger partial charge in [-0.3, -0.25) is 4.79 Å². The quantitative estimate of drug-likeness (QED) is 0.641. The Kier molecular flexibility index (Phi) is 7.34. The van der Waals surface area contributed by atoms with Gasteiger partial charge in [0.15, 0.2) is 0 Å². The van der Waals surface area contributed by atoms with Crippen LogP contribution in [0.2, 0.25) is 0 Å². The number of hydrogen-bond acceptors (Lipinski definition) is 3. The molecule has 0 fully saturated rings. The first-order chi connectivity index (χ1) is 7.51. The van der Waals surface area contributed by atoms with Crippen molar-refractivity contribution in [3.05, 3.63) is 0 Å². The number of ether oxygens (including phenoxy) is 1. The Balaban J connectivity index is 3.83. The van der Waals surface area contributed by atoms with Crippen LogP contribution in [0.15, 0.2) is 0 Å². The highest BCUT2D eigenvalue weighted by Crippen LogP contribution is 2.19. The molecule has 0 heterocycles. The maximum Gasteiger partial charge on any atom is 0.222 e. The lowest BCUT2D eigenvalue weighted by Crippen LogP contribution is -2.40. The van der Waals surface area contributed by atoms with Crippen LogP contribution in [-0.2, 0) is 9.53 Å². The van der Waals surface area contributed by atoms with Crippen LogP contribution in [0.25, 0.3) is 0 Å². The molecule has 0 aliphatic heterocycles. The Morgan fingerprint density at radius 1 is 1.31 bits per heavy atom. The van der Waals surface area contributed by atoms with Gasteiger partial charge in [-0.15, -0.1) is 0 Å². The standard InChI is InChI=1S/C12H26N2O2/c1-5-12(6-2,10-13)16-9-7-8-11(15)14(3)4/h5-10,13H2,1-4H3. The topological polar surface area (TPSA) is 55.6 Å². The smallest absolute Gasteiger partial charge is 0.222 e. The fourth-order valence-corrected chi connectivity index (χ4v) is 1.54. The molecular weight excluding hydrogens is 204 g/mol. The van der Waals surface area contributed by atoms with Gasteiger partial charge in [0.05, 0.1) is 5.60 Å². The van der Waals surface area contributed by atoms with Gasteiger partial charge in [0.25, 0.3) is 0 Å². The van der Waals surface area contributed by atoms with Crippen LogP contribution in [0, 0.1) is 0 Å². The third-order valence-corrected chi connectivity index (χ3v) is 3.10. The minimum atomic E-state index is -0.193. The van der Waals surface area contributed by atoms with Crippen molar-refractivity contribution in [3.8, 4) is 0 Å². The molecule has 16 heavy (non-hydrogen) atoms. The minimum absolute atomic E-state index is 0.148. The van der Waals surface area contributed by atoms with Crippen LogP contribution < -0.4 is 5.73 Å². The molecular formula is C12H26N2O2. The molecule has 96 valence electrons. The summed E-state index contributed by atoms with van der Waals surface area (Å²) in [6.45, 7) is 5.32. The van der Waals surface area contributed by atoms with Crippen molar-refractivity contribution >= 4 is 5.91 Å². The fourth-order valence-electron chi connectivity index (χ4n) is 1.54. The van der Waals surface area contributed by atoms with E-state index in [9.17, 15) is 4.79 Å². The third-order valence-electron chi connectivity index (χ3n) is 3.10. The van der Waals surface area contributed by atoms with E-state index in [2.05, 4.69) is 13.8 Å². The van der Waals surface area contributed by atoms with Crippen LogP contribution in [0.1, 0.15) is 39.5 Å². The highest BCUT2D eigenvalue weighted by molar-refractivity contribution is 5.75. The maximum absolute atomic E-state index is 11.3. The van der Waals surface area contributed by atoms with Crippen molar-refractivity contribution in [1.29, 1.82) is 0 Å². The van der Waals surface area contributed by atoms with Gasteiger partial charge in [-0.1, -0.05) is 13.8 Å². The Labute approximate surface area is 99.1 Å². The number of nitrogens with two attached hydrogens (primary N) is 1. The van der Waals surface area contributed by atoms with Crippen molar-refractivity contribution in [2.75, 3.05) is 27.2 Å². The van der Waals surface area contributed by atoms with E-state index in [1.165, 1.54) is 0 Å². The second-order valence-electron chi connectivity index (χ2n) is 4.33. The molecule has 0 aliphatic carbocycles. The molecule has 0 aromatic carbocycles. The van der Waals surface area contributed by atoms with E-state index in [-0.39, 0.29) is 11.5 Å². The molecule has 0 bridgehead atoms. The van der Waals surface area contributed by atoms with Crippen molar-refractivity contribution in [2.24, 2.45) is 5.73 Å². The van der Waals surface area contributed by atoms with Crippen LogP contribution in [-0.4, -0.2) is 43.7 Å². The van der Waals surface area contributed by atoms with Gasteiger partial charge >= 0.3 is 0 Å². The zero-order valence-corrected chi connectivity index (χ0v) is 11.1. The second kappa shape index (κ2) is 7.63. The largest absolute Gasteiger partial charge is 0.374 e. The van der Waals surface area contributed by atoms with Gasteiger partial charge in [0.1, 0.15) is 0 Å². The molecule has 0 aliphatic rings. The summed E-state index contributed by atoms with van der Waals surface area (Å²) in [5, 5.41) is 0. The molecule has 0 aromatic rings. The highest BCUT2D eigenvalue weighted by Gasteiger charge is 2.24. The molecule has 0 atom stereocenters. The Hall–Kier alpha value is -0.610. The second-order valence-corrected chi connectivity index (χ2v) is 4.33. The van der Waals surface area contributed by atoms with Crippen LogP contribution in [0.4, 0.5) is 0 Å². The summed E-state index contributed by atoms with van der Waals surface area (Å²) in [6.07, 6.45) is 3.14. The number of carbonyl (C=O) groups is 1. The number of nitrogens with zero attached hydrogens (tertiary/aromatic N) is 1.